The van der Waals surface area contributed by atoms with Gasteiger partial charge < -0.3 is 9.47 Å². The molecule has 0 rings (SSSR count). The molecule has 0 aromatic heterocycles. The Hall–Kier alpha value is -1.18. The first-order valence-electron chi connectivity index (χ1n) is 5.30. The smallest absolute Gasteiger partial charge is 0.0961 e. The van der Waals surface area contributed by atoms with Crippen LogP contribution < -0.4 is 0 Å². The van der Waals surface area contributed by atoms with Crippen LogP contribution in [0, 0.1) is 5.41 Å². The molecule has 2 nitrogen and oxygen atoms in total. The van der Waals surface area contributed by atoms with Gasteiger partial charge in [0.25, 0.3) is 0 Å². The van der Waals surface area contributed by atoms with Crippen LogP contribution in [0.5, 0.6) is 0 Å². The summed E-state index contributed by atoms with van der Waals surface area (Å²) in [5.41, 5.74) is 0.0383. The van der Waals surface area contributed by atoms with E-state index < -0.39 is 0 Å². The van der Waals surface area contributed by atoms with Crippen molar-refractivity contribution in [3.63, 3.8) is 0 Å². The van der Waals surface area contributed by atoms with E-state index in [2.05, 4.69) is 26.7 Å². The second-order valence-corrected chi connectivity index (χ2v) is 3.64. The summed E-state index contributed by atoms with van der Waals surface area (Å²) in [4.78, 5) is 0. The molecule has 0 spiro atoms. The zero-order valence-electron chi connectivity index (χ0n) is 9.71. The molecule has 0 radical (unpaired) electrons. The quantitative estimate of drug-likeness (QED) is 0.404. The SMILES string of the molecule is C=CCCC(CC)(COC=C)COC=C. The predicted octanol–water partition coefficient (Wildman–Crippen LogP) is 3.67. The molecule has 0 N–H and O–H groups in total. The first kappa shape index (κ1) is 13.8. The van der Waals surface area contributed by atoms with Gasteiger partial charge in [-0.25, -0.2) is 0 Å². The average Bonchev–Trinajstić information content (AvgIpc) is 2.29. The lowest BCUT2D eigenvalue weighted by Gasteiger charge is -2.30. The minimum atomic E-state index is 0.0383. The predicted molar refractivity (Wildman–Crippen MR) is 64.5 cm³/mol. The lowest BCUT2D eigenvalue weighted by molar-refractivity contribution is 0.0296. The summed E-state index contributed by atoms with van der Waals surface area (Å²) in [5, 5.41) is 0. The topological polar surface area (TPSA) is 18.5 Å². The van der Waals surface area contributed by atoms with E-state index in [0.29, 0.717) is 13.2 Å². The van der Waals surface area contributed by atoms with Gasteiger partial charge in [-0.1, -0.05) is 26.2 Å². The van der Waals surface area contributed by atoms with Crippen LogP contribution in [0.25, 0.3) is 0 Å². The highest BCUT2D eigenvalue weighted by Crippen LogP contribution is 2.29. The average molecular weight is 210 g/mol. The number of allylic oxidation sites excluding steroid dienone is 1. The molecule has 0 aliphatic heterocycles. The van der Waals surface area contributed by atoms with Gasteiger partial charge in [0.1, 0.15) is 0 Å². The second-order valence-electron chi connectivity index (χ2n) is 3.64. The number of rotatable bonds is 10. The minimum Gasteiger partial charge on any atom is -0.501 e. The maximum absolute atomic E-state index is 5.30. The van der Waals surface area contributed by atoms with Gasteiger partial charge in [0, 0.05) is 5.41 Å². The van der Waals surface area contributed by atoms with Crippen LogP contribution >= 0.6 is 0 Å². The van der Waals surface area contributed by atoms with Crippen LogP contribution in [0.15, 0.2) is 38.3 Å². The molecule has 0 saturated carbocycles. The Balaban J connectivity index is 4.34. The van der Waals surface area contributed by atoms with Gasteiger partial charge in [-0.2, -0.15) is 0 Å². The highest BCUT2D eigenvalue weighted by Gasteiger charge is 2.28. The monoisotopic (exact) mass is 210 g/mol. The minimum absolute atomic E-state index is 0.0383. The first-order valence-corrected chi connectivity index (χ1v) is 5.30. The molecule has 0 unspecified atom stereocenters. The summed E-state index contributed by atoms with van der Waals surface area (Å²) < 4.78 is 10.6. The second kappa shape index (κ2) is 8.16. The van der Waals surface area contributed by atoms with E-state index >= 15 is 0 Å². The van der Waals surface area contributed by atoms with Gasteiger partial charge in [0.15, 0.2) is 0 Å². The molecule has 86 valence electrons. The Morgan fingerprint density at radius 3 is 1.93 bits per heavy atom. The standard InChI is InChI=1S/C13H22O2/c1-5-9-10-13(6-2,11-14-7-3)12-15-8-4/h5,7-8H,1,3-4,6,9-12H2,2H3. The Bertz CT molecular complexity index is 165. The van der Waals surface area contributed by atoms with Gasteiger partial charge in [0.2, 0.25) is 0 Å². The zero-order chi connectivity index (χ0) is 11.6. The van der Waals surface area contributed by atoms with Crippen molar-refractivity contribution >= 4 is 0 Å². The lowest BCUT2D eigenvalue weighted by Crippen LogP contribution is -2.30. The molecule has 2 heteroatoms. The van der Waals surface area contributed by atoms with E-state index in [9.17, 15) is 0 Å². The van der Waals surface area contributed by atoms with Gasteiger partial charge in [-0.15, -0.1) is 6.58 Å². The third kappa shape index (κ3) is 5.31. The van der Waals surface area contributed by atoms with Crippen molar-refractivity contribution in [1.82, 2.24) is 0 Å². The van der Waals surface area contributed by atoms with Crippen LogP contribution in [0.1, 0.15) is 26.2 Å². The van der Waals surface area contributed by atoms with Gasteiger partial charge in [-0.3, -0.25) is 0 Å². The molecule has 15 heavy (non-hydrogen) atoms. The summed E-state index contributed by atoms with van der Waals surface area (Å²) in [5.74, 6) is 0. The molecule has 0 aliphatic rings. The van der Waals surface area contributed by atoms with Crippen molar-refractivity contribution in [1.29, 1.82) is 0 Å². The van der Waals surface area contributed by atoms with Gasteiger partial charge in [0.05, 0.1) is 25.7 Å². The van der Waals surface area contributed by atoms with Crippen molar-refractivity contribution in [2.24, 2.45) is 5.41 Å². The fourth-order valence-corrected chi connectivity index (χ4v) is 1.45. The van der Waals surface area contributed by atoms with Crippen molar-refractivity contribution in [3.8, 4) is 0 Å². The van der Waals surface area contributed by atoms with E-state index in [1.54, 1.807) is 0 Å². The van der Waals surface area contributed by atoms with E-state index in [-0.39, 0.29) is 5.41 Å². The van der Waals surface area contributed by atoms with Gasteiger partial charge in [-0.05, 0) is 19.3 Å². The number of ether oxygens (including phenoxy) is 2. The summed E-state index contributed by atoms with van der Waals surface area (Å²) in [7, 11) is 0. The van der Waals surface area contributed by atoms with Crippen LogP contribution in [0.4, 0.5) is 0 Å². The number of hydrogen-bond donors (Lipinski definition) is 0. The van der Waals surface area contributed by atoms with E-state index in [1.165, 1.54) is 12.5 Å². The van der Waals surface area contributed by atoms with Crippen molar-refractivity contribution < 1.29 is 9.47 Å². The summed E-state index contributed by atoms with van der Waals surface area (Å²) >= 11 is 0. The number of hydrogen-bond acceptors (Lipinski definition) is 2. The molecule has 0 aliphatic carbocycles. The Morgan fingerprint density at radius 2 is 1.60 bits per heavy atom. The van der Waals surface area contributed by atoms with Crippen LogP contribution in [0.2, 0.25) is 0 Å². The van der Waals surface area contributed by atoms with Crippen LogP contribution in [-0.4, -0.2) is 13.2 Å². The molecule has 0 atom stereocenters. The van der Waals surface area contributed by atoms with E-state index in [4.69, 9.17) is 9.47 Å². The summed E-state index contributed by atoms with van der Waals surface area (Å²) in [6.45, 7) is 14.3. The van der Waals surface area contributed by atoms with E-state index in [1.807, 2.05) is 6.08 Å². The maximum atomic E-state index is 5.30. The molecule has 0 amide bonds. The summed E-state index contributed by atoms with van der Waals surface area (Å²) in [6.07, 6.45) is 7.86. The fraction of sp³-hybridized carbons (Fsp3) is 0.538. The van der Waals surface area contributed by atoms with Crippen LogP contribution in [0.3, 0.4) is 0 Å². The van der Waals surface area contributed by atoms with Crippen molar-refractivity contribution in [2.45, 2.75) is 26.2 Å². The normalized spacial score (nSPS) is 10.5. The third-order valence-electron chi connectivity index (χ3n) is 2.64. The summed E-state index contributed by atoms with van der Waals surface area (Å²) in [6, 6.07) is 0. The largest absolute Gasteiger partial charge is 0.501 e. The van der Waals surface area contributed by atoms with Gasteiger partial charge >= 0.3 is 0 Å². The zero-order valence-corrected chi connectivity index (χ0v) is 9.71. The first-order chi connectivity index (χ1) is 7.24. The fourth-order valence-electron chi connectivity index (χ4n) is 1.45. The molecule has 0 aromatic carbocycles. The molecule has 0 aromatic rings. The Labute approximate surface area is 93.3 Å². The molecule has 0 fully saturated rings. The highest BCUT2D eigenvalue weighted by molar-refractivity contribution is 4.83. The molecule has 0 heterocycles. The van der Waals surface area contributed by atoms with E-state index in [0.717, 1.165) is 19.3 Å². The van der Waals surface area contributed by atoms with Crippen LogP contribution in [-0.2, 0) is 9.47 Å². The van der Waals surface area contributed by atoms with Crippen molar-refractivity contribution in [2.75, 3.05) is 13.2 Å². The Kier molecular flexibility index (Phi) is 7.51. The molecule has 0 bridgehead atoms. The highest BCUT2D eigenvalue weighted by atomic mass is 16.5. The molecular formula is C13H22O2. The lowest BCUT2D eigenvalue weighted by atomic mass is 9.82. The van der Waals surface area contributed by atoms with Crippen molar-refractivity contribution in [3.05, 3.63) is 38.3 Å². The Morgan fingerprint density at radius 1 is 1.07 bits per heavy atom. The third-order valence-corrected chi connectivity index (χ3v) is 2.64. The maximum Gasteiger partial charge on any atom is 0.0961 e. The molecular weight excluding hydrogens is 188 g/mol. The molecule has 0 saturated heterocycles.